The molecule has 0 bridgehead atoms. The first-order chi connectivity index (χ1) is 9.25. The van der Waals surface area contributed by atoms with E-state index in [0.29, 0.717) is 18.4 Å². The Morgan fingerprint density at radius 2 is 1.80 bits per heavy atom. The number of halogens is 3. The zero-order chi connectivity index (χ0) is 15.0. The molecule has 0 aliphatic heterocycles. The number of alkyl halides is 3. The minimum atomic E-state index is -5.25. The fourth-order valence-electron chi connectivity index (χ4n) is 2.20. The van der Waals surface area contributed by atoms with Crippen molar-refractivity contribution in [3.05, 3.63) is 29.8 Å². The highest BCUT2D eigenvalue weighted by Crippen LogP contribution is 2.34. The summed E-state index contributed by atoms with van der Waals surface area (Å²) in [5, 5.41) is 3.18. The second-order valence-electron chi connectivity index (χ2n) is 5.03. The normalized spacial score (nSPS) is 18.0. The second kappa shape index (κ2) is 5.37. The molecule has 1 unspecified atom stereocenters. The van der Waals surface area contributed by atoms with Gasteiger partial charge in [0.15, 0.2) is 0 Å². The fourth-order valence-corrected chi connectivity index (χ4v) is 2.96. The van der Waals surface area contributed by atoms with E-state index in [-0.39, 0.29) is 0 Å². The number of nitrogens with one attached hydrogen (secondary N) is 1. The van der Waals surface area contributed by atoms with E-state index in [2.05, 4.69) is 5.32 Å². The molecule has 1 fully saturated rings. The summed E-state index contributed by atoms with van der Waals surface area (Å²) in [5.74, 6) is 0.610. The first-order valence-electron chi connectivity index (χ1n) is 6.33. The van der Waals surface area contributed by atoms with Gasteiger partial charge in [-0.2, -0.15) is 13.2 Å². The summed E-state index contributed by atoms with van der Waals surface area (Å²) in [4.78, 5) is -0.707. The molecule has 20 heavy (non-hydrogen) atoms. The zero-order valence-corrected chi connectivity index (χ0v) is 11.8. The molecule has 7 heteroatoms. The van der Waals surface area contributed by atoms with Crippen molar-refractivity contribution < 1.29 is 21.6 Å². The molecule has 1 aromatic rings. The minimum absolute atomic E-state index is 0.292. The third-order valence-electron chi connectivity index (χ3n) is 3.56. The summed E-state index contributed by atoms with van der Waals surface area (Å²) in [6.07, 6.45) is 3.01. The van der Waals surface area contributed by atoms with Gasteiger partial charge in [0.25, 0.3) is 9.84 Å². The van der Waals surface area contributed by atoms with Crippen LogP contribution in [0.15, 0.2) is 29.2 Å². The van der Waals surface area contributed by atoms with Crippen LogP contribution in [0.3, 0.4) is 0 Å². The van der Waals surface area contributed by atoms with Crippen molar-refractivity contribution in [2.45, 2.75) is 35.7 Å². The standard InChI is InChI=1S/C13H16F3NO2S/c1-17-12(10-4-5-10)8-9-2-6-11(7-3-9)20(18,19)13(14,15)16/h2-3,6-7,10,12,17H,4-5,8H2,1H3. The molecular formula is C13H16F3NO2S. The lowest BCUT2D eigenvalue weighted by atomic mass is 10.0. The summed E-state index contributed by atoms with van der Waals surface area (Å²) >= 11 is 0. The van der Waals surface area contributed by atoms with Gasteiger partial charge in [0.1, 0.15) is 0 Å². The SMILES string of the molecule is CNC(Cc1ccc(S(=O)(=O)C(F)(F)F)cc1)C1CC1. The molecule has 0 amide bonds. The molecule has 1 aliphatic carbocycles. The van der Waals surface area contributed by atoms with Crippen molar-refractivity contribution in [2.75, 3.05) is 7.05 Å². The van der Waals surface area contributed by atoms with E-state index in [1.54, 1.807) is 0 Å². The highest BCUT2D eigenvalue weighted by molar-refractivity contribution is 7.92. The van der Waals surface area contributed by atoms with Crippen LogP contribution in [0, 0.1) is 5.92 Å². The first-order valence-corrected chi connectivity index (χ1v) is 7.81. The van der Waals surface area contributed by atoms with Crippen LogP contribution in [0.5, 0.6) is 0 Å². The molecule has 1 N–H and O–H groups in total. The van der Waals surface area contributed by atoms with Crippen LogP contribution in [0.25, 0.3) is 0 Å². The molecule has 112 valence electrons. The van der Waals surface area contributed by atoms with Gasteiger partial charge in [-0.15, -0.1) is 0 Å². The molecule has 1 aliphatic rings. The predicted molar refractivity (Wildman–Crippen MR) is 69.0 cm³/mol. The summed E-state index contributed by atoms with van der Waals surface area (Å²) in [5.41, 5.74) is -4.42. The molecular weight excluding hydrogens is 291 g/mol. The highest BCUT2D eigenvalue weighted by atomic mass is 32.2. The van der Waals surface area contributed by atoms with Crippen molar-refractivity contribution in [1.29, 1.82) is 0 Å². The maximum atomic E-state index is 12.4. The third kappa shape index (κ3) is 3.15. The Bertz CT molecular complexity index is 562. The number of rotatable bonds is 5. The summed E-state index contributed by atoms with van der Waals surface area (Å²) < 4.78 is 59.7. The predicted octanol–water partition coefficient (Wildman–Crippen LogP) is 2.52. The Kier molecular flexibility index (Phi) is 4.11. The van der Waals surface area contributed by atoms with E-state index in [1.165, 1.54) is 12.1 Å². The Morgan fingerprint density at radius 1 is 1.25 bits per heavy atom. The molecule has 0 saturated heterocycles. The van der Waals surface area contributed by atoms with Crippen LogP contribution in [0.2, 0.25) is 0 Å². The molecule has 1 atom stereocenters. The molecule has 0 aromatic heterocycles. The number of hydrogen-bond acceptors (Lipinski definition) is 3. The first kappa shape index (κ1) is 15.3. The highest BCUT2D eigenvalue weighted by Gasteiger charge is 2.46. The average molecular weight is 307 g/mol. The van der Waals surface area contributed by atoms with Gasteiger partial charge in [-0.3, -0.25) is 0 Å². The fraction of sp³-hybridized carbons (Fsp3) is 0.538. The van der Waals surface area contributed by atoms with Crippen molar-refractivity contribution in [2.24, 2.45) is 5.92 Å². The van der Waals surface area contributed by atoms with Crippen LogP contribution in [-0.4, -0.2) is 27.0 Å². The van der Waals surface area contributed by atoms with Crippen LogP contribution < -0.4 is 5.32 Å². The number of likely N-dealkylation sites (N-methyl/N-ethyl adjacent to an activating group) is 1. The van der Waals surface area contributed by atoms with Crippen LogP contribution in [-0.2, 0) is 16.3 Å². The Labute approximate surface area is 116 Å². The number of sulfone groups is 1. The molecule has 2 rings (SSSR count). The minimum Gasteiger partial charge on any atom is -0.316 e. The van der Waals surface area contributed by atoms with E-state index in [0.717, 1.165) is 30.5 Å². The lowest BCUT2D eigenvalue weighted by Crippen LogP contribution is -2.29. The third-order valence-corrected chi connectivity index (χ3v) is 5.06. The van der Waals surface area contributed by atoms with Gasteiger partial charge in [-0.1, -0.05) is 12.1 Å². The monoisotopic (exact) mass is 307 g/mol. The Balaban J connectivity index is 2.14. The van der Waals surface area contributed by atoms with Crippen molar-refractivity contribution >= 4 is 9.84 Å². The smallest absolute Gasteiger partial charge is 0.316 e. The molecule has 3 nitrogen and oxygen atoms in total. The molecule has 0 spiro atoms. The van der Waals surface area contributed by atoms with E-state index in [4.69, 9.17) is 0 Å². The maximum absolute atomic E-state index is 12.4. The molecule has 1 saturated carbocycles. The van der Waals surface area contributed by atoms with Gasteiger partial charge >= 0.3 is 5.51 Å². The van der Waals surface area contributed by atoms with Gasteiger partial charge in [-0.25, -0.2) is 8.42 Å². The van der Waals surface area contributed by atoms with Gasteiger partial charge in [0.2, 0.25) is 0 Å². The van der Waals surface area contributed by atoms with Crippen LogP contribution in [0.4, 0.5) is 13.2 Å². The average Bonchev–Trinajstić information content (AvgIpc) is 3.19. The van der Waals surface area contributed by atoms with Crippen molar-refractivity contribution in [3.8, 4) is 0 Å². The van der Waals surface area contributed by atoms with Crippen molar-refractivity contribution in [3.63, 3.8) is 0 Å². The van der Waals surface area contributed by atoms with Gasteiger partial charge < -0.3 is 5.32 Å². The second-order valence-corrected chi connectivity index (χ2v) is 6.97. The van der Waals surface area contributed by atoms with Crippen LogP contribution in [0.1, 0.15) is 18.4 Å². The largest absolute Gasteiger partial charge is 0.501 e. The van der Waals surface area contributed by atoms with Gasteiger partial charge in [0, 0.05) is 6.04 Å². The lowest BCUT2D eigenvalue weighted by molar-refractivity contribution is -0.0436. The lowest BCUT2D eigenvalue weighted by Gasteiger charge is -2.15. The topological polar surface area (TPSA) is 46.2 Å². The van der Waals surface area contributed by atoms with E-state index in [9.17, 15) is 21.6 Å². The summed E-state index contributed by atoms with van der Waals surface area (Å²) in [6, 6.07) is 5.24. The Hall–Kier alpha value is -1.08. The van der Waals surface area contributed by atoms with E-state index < -0.39 is 20.2 Å². The maximum Gasteiger partial charge on any atom is 0.501 e. The van der Waals surface area contributed by atoms with Crippen molar-refractivity contribution in [1.82, 2.24) is 5.32 Å². The summed E-state index contributed by atoms with van der Waals surface area (Å²) in [6.45, 7) is 0. The van der Waals surface area contributed by atoms with Gasteiger partial charge in [0.05, 0.1) is 4.90 Å². The summed E-state index contributed by atoms with van der Waals surface area (Å²) in [7, 11) is -3.39. The zero-order valence-electron chi connectivity index (χ0n) is 10.9. The van der Waals surface area contributed by atoms with Crippen LogP contribution >= 0.6 is 0 Å². The molecule has 0 heterocycles. The number of benzene rings is 1. The van der Waals surface area contributed by atoms with E-state index >= 15 is 0 Å². The number of hydrogen-bond donors (Lipinski definition) is 1. The Morgan fingerprint density at radius 3 is 2.20 bits per heavy atom. The molecule has 1 aromatic carbocycles. The van der Waals surface area contributed by atoms with Gasteiger partial charge in [-0.05, 0) is 49.9 Å². The van der Waals surface area contributed by atoms with E-state index in [1.807, 2.05) is 7.05 Å². The molecule has 0 radical (unpaired) electrons. The quantitative estimate of drug-likeness (QED) is 0.909.